The molecule has 0 aromatic heterocycles. The van der Waals surface area contributed by atoms with E-state index in [-0.39, 0.29) is 17.9 Å². The van der Waals surface area contributed by atoms with Gasteiger partial charge >= 0.3 is 5.97 Å². The van der Waals surface area contributed by atoms with Gasteiger partial charge in [-0.3, -0.25) is 4.79 Å². The van der Waals surface area contributed by atoms with Crippen molar-refractivity contribution in [3.63, 3.8) is 0 Å². The number of rotatable bonds is 4. The van der Waals surface area contributed by atoms with Gasteiger partial charge in [0.25, 0.3) is 0 Å². The molecular formula is C15H20N2O3. The molecule has 1 aliphatic heterocycles. The molecule has 0 saturated heterocycles. The van der Waals surface area contributed by atoms with Crippen LogP contribution in [0.25, 0.3) is 0 Å². The van der Waals surface area contributed by atoms with Crippen LogP contribution in [0.2, 0.25) is 0 Å². The minimum Gasteiger partial charge on any atom is -0.480 e. The molecule has 1 aliphatic rings. The van der Waals surface area contributed by atoms with Crippen molar-refractivity contribution in [3.05, 3.63) is 35.4 Å². The number of hydrogen-bond acceptors (Lipinski definition) is 3. The number of nitrogens with one attached hydrogen (secondary N) is 2. The van der Waals surface area contributed by atoms with Crippen LogP contribution >= 0.6 is 0 Å². The molecule has 0 fully saturated rings. The lowest BCUT2D eigenvalue weighted by atomic mass is 9.95. The number of amides is 1. The predicted octanol–water partition coefficient (Wildman–Crippen LogP) is 0.926. The molecule has 5 heteroatoms. The number of carboxylic acid groups (broad SMARTS) is 1. The number of benzene rings is 1. The first-order valence-corrected chi connectivity index (χ1v) is 6.82. The lowest BCUT2D eigenvalue weighted by Gasteiger charge is -2.27. The Balaban J connectivity index is 2.03. The van der Waals surface area contributed by atoms with Crippen molar-refractivity contribution >= 4 is 11.9 Å². The summed E-state index contributed by atoms with van der Waals surface area (Å²) in [7, 11) is 0. The highest BCUT2D eigenvalue weighted by Crippen LogP contribution is 2.16. The van der Waals surface area contributed by atoms with Gasteiger partial charge in [-0.2, -0.15) is 0 Å². The Hall–Kier alpha value is -1.88. The Bertz CT molecular complexity index is 514. The first kappa shape index (κ1) is 14.5. The van der Waals surface area contributed by atoms with Crippen molar-refractivity contribution < 1.29 is 14.7 Å². The van der Waals surface area contributed by atoms with E-state index in [1.54, 1.807) is 13.8 Å². The van der Waals surface area contributed by atoms with Gasteiger partial charge in [-0.05, 0) is 23.5 Å². The molecule has 0 radical (unpaired) electrons. The van der Waals surface area contributed by atoms with Crippen LogP contribution in [-0.2, 0) is 22.6 Å². The van der Waals surface area contributed by atoms with Crippen LogP contribution < -0.4 is 10.6 Å². The van der Waals surface area contributed by atoms with Gasteiger partial charge in [-0.25, -0.2) is 4.79 Å². The highest BCUT2D eigenvalue weighted by atomic mass is 16.4. The molecule has 1 amide bonds. The number of carboxylic acids is 1. The van der Waals surface area contributed by atoms with Crippen molar-refractivity contribution in [1.29, 1.82) is 0 Å². The molecule has 1 aromatic carbocycles. The quantitative estimate of drug-likeness (QED) is 0.764. The molecule has 0 saturated carbocycles. The summed E-state index contributed by atoms with van der Waals surface area (Å²) in [4.78, 5) is 23.3. The largest absolute Gasteiger partial charge is 0.480 e. The minimum atomic E-state index is -0.996. The highest BCUT2D eigenvalue weighted by Gasteiger charge is 2.29. The van der Waals surface area contributed by atoms with Gasteiger partial charge in [-0.15, -0.1) is 0 Å². The molecule has 0 aliphatic carbocycles. The van der Waals surface area contributed by atoms with Gasteiger partial charge in [-0.1, -0.05) is 38.1 Å². The molecule has 0 bridgehead atoms. The van der Waals surface area contributed by atoms with Gasteiger partial charge < -0.3 is 15.7 Å². The molecule has 5 nitrogen and oxygen atoms in total. The van der Waals surface area contributed by atoms with Crippen molar-refractivity contribution in [3.8, 4) is 0 Å². The fourth-order valence-electron chi connectivity index (χ4n) is 2.41. The zero-order valence-electron chi connectivity index (χ0n) is 11.7. The maximum atomic E-state index is 12.2. The number of fused-ring (bicyclic) bond motifs is 1. The number of hydrogen-bond donors (Lipinski definition) is 3. The van der Waals surface area contributed by atoms with E-state index >= 15 is 0 Å². The number of aliphatic carboxylic acids is 1. The zero-order valence-corrected chi connectivity index (χ0v) is 11.7. The summed E-state index contributed by atoms with van der Waals surface area (Å²) >= 11 is 0. The van der Waals surface area contributed by atoms with Crippen LogP contribution in [0.5, 0.6) is 0 Å². The third-order valence-electron chi connectivity index (χ3n) is 3.63. The fourth-order valence-corrected chi connectivity index (χ4v) is 2.41. The van der Waals surface area contributed by atoms with Crippen LogP contribution in [0.4, 0.5) is 0 Å². The second kappa shape index (κ2) is 6.05. The molecule has 108 valence electrons. The average Bonchev–Trinajstić information content (AvgIpc) is 2.43. The first-order chi connectivity index (χ1) is 9.49. The molecule has 3 N–H and O–H groups in total. The Kier molecular flexibility index (Phi) is 4.39. The van der Waals surface area contributed by atoms with Crippen LogP contribution in [0.3, 0.4) is 0 Å². The number of carbonyl (C=O) groups is 2. The van der Waals surface area contributed by atoms with Gasteiger partial charge in [0.05, 0.1) is 6.04 Å². The lowest BCUT2D eigenvalue weighted by Crippen LogP contribution is -2.53. The third kappa shape index (κ3) is 3.17. The molecule has 2 rings (SSSR count). The molecular weight excluding hydrogens is 256 g/mol. The maximum Gasteiger partial charge on any atom is 0.326 e. The molecule has 20 heavy (non-hydrogen) atoms. The Morgan fingerprint density at radius 2 is 1.95 bits per heavy atom. The van der Waals surface area contributed by atoms with E-state index in [9.17, 15) is 9.59 Å². The SMILES string of the molecule is CC(C)[C@@H](NC(=O)C1Cc2ccccc2CN1)C(=O)O. The molecule has 1 aromatic rings. The van der Waals surface area contributed by atoms with Gasteiger partial charge in [0, 0.05) is 6.54 Å². The second-order valence-electron chi connectivity index (χ2n) is 5.47. The monoisotopic (exact) mass is 276 g/mol. The average molecular weight is 276 g/mol. The predicted molar refractivity (Wildman–Crippen MR) is 75.2 cm³/mol. The Labute approximate surface area is 118 Å². The number of carbonyl (C=O) groups excluding carboxylic acids is 1. The van der Waals surface area contributed by atoms with E-state index in [1.807, 2.05) is 24.3 Å². The lowest BCUT2D eigenvalue weighted by molar-refractivity contribution is -0.143. The molecule has 1 heterocycles. The van der Waals surface area contributed by atoms with Crippen molar-refractivity contribution in [1.82, 2.24) is 10.6 Å². The van der Waals surface area contributed by atoms with E-state index in [4.69, 9.17) is 5.11 Å². The first-order valence-electron chi connectivity index (χ1n) is 6.82. The summed E-state index contributed by atoms with van der Waals surface area (Å²) in [6, 6.07) is 6.75. The van der Waals surface area contributed by atoms with Gasteiger partial charge in [0.2, 0.25) is 5.91 Å². The van der Waals surface area contributed by atoms with Gasteiger partial charge in [0.15, 0.2) is 0 Å². The normalized spacial score (nSPS) is 19.2. The van der Waals surface area contributed by atoms with Crippen molar-refractivity contribution in [2.24, 2.45) is 5.92 Å². The van der Waals surface area contributed by atoms with Crippen molar-refractivity contribution in [2.75, 3.05) is 0 Å². The summed E-state index contributed by atoms with van der Waals surface area (Å²) in [5.41, 5.74) is 2.33. The molecule has 1 unspecified atom stereocenters. The standard InChI is InChI=1S/C15H20N2O3/c1-9(2)13(15(19)20)17-14(18)12-7-10-5-3-4-6-11(10)8-16-12/h3-6,9,12-13,16H,7-8H2,1-2H3,(H,17,18)(H,19,20)/t12?,13-/m1/s1. The summed E-state index contributed by atoms with van der Waals surface area (Å²) in [5.74, 6) is -1.39. The van der Waals surface area contributed by atoms with E-state index in [0.717, 1.165) is 5.56 Å². The topological polar surface area (TPSA) is 78.4 Å². The Morgan fingerprint density at radius 3 is 2.55 bits per heavy atom. The van der Waals surface area contributed by atoms with Crippen LogP contribution in [0, 0.1) is 5.92 Å². The summed E-state index contributed by atoms with van der Waals surface area (Å²) in [6.07, 6.45) is 0.590. The van der Waals surface area contributed by atoms with Crippen LogP contribution in [0.1, 0.15) is 25.0 Å². The summed E-state index contributed by atoms with van der Waals surface area (Å²) in [6.45, 7) is 4.19. The zero-order chi connectivity index (χ0) is 14.7. The van der Waals surface area contributed by atoms with Gasteiger partial charge in [0.1, 0.15) is 6.04 Å². The van der Waals surface area contributed by atoms with E-state index < -0.39 is 12.0 Å². The smallest absolute Gasteiger partial charge is 0.326 e. The van der Waals surface area contributed by atoms with E-state index in [1.165, 1.54) is 5.56 Å². The van der Waals surface area contributed by atoms with Crippen LogP contribution in [0.15, 0.2) is 24.3 Å². The minimum absolute atomic E-state index is 0.146. The van der Waals surface area contributed by atoms with Crippen molar-refractivity contribution in [2.45, 2.75) is 38.9 Å². The third-order valence-corrected chi connectivity index (χ3v) is 3.63. The molecule has 0 spiro atoms. The van der Waals surface area contributed by atoms with Crippen LogP contribution in [-0.4, -0.2) is 29.1 Å². The Morgan fingerprint density at radius 1 is 1.30 bits per heavy atom. The molecule has 2 atom stereocenters. The summed E-state index contributed by atoms with van der Waals surface area (Å²) in [5, 5.41) is 14.9. The maximum absolute atomic E-state index is 12.2. The van der Waals surface area contributed by atoms with E-state index in [0.29, 0.717) is 13.0 Å². The second-order valence-corrected chi connectivity index (χ2v) is 5.47. The van der Waals surface area contributed by atoms with E-state index in [2.05, 4.69) is 10.6 Å². The summed E-state index contributed by atoms with van der Waals surface area (Å²) < 4.78 is 0. The fraction of sp³-hybridized carbons (Fsp3) is 0.467. The highest BCUT2D eigenvalue weighted by molar-refractivity contribution is 5.87.